The predicted octanol–water partition coefficient (Wildman–Crippen LogP) is 9.48. The molecule has 286 valence electrons. The first-order chi connectivity index (χ1) is 26.4. The molecule has 9 nitrogen and oxygen atoms in total. The summed E-state index contributed by atoms with van der Waals surface area (Å²) < 4.78 is 33.2. The third-order valence-corrected chi connectivity index (χ3v) is 11.5. The Morgan fingerprint density at radius 1 is 0.636 bits per heavy atom. The number of hydrogen-bond donors (Lipinski definition) is 2. The molecule has 55 heavy (non-hydrogen) atoms. The zero-order valence-electron chi connectivity index (χ0n) is 31.7. The molecule has 0 heterocycles. The van der Waals surface area contributed by atoms with Crippen molar-refractivity contribution in [1.82, 2.24) is 10.6 Å². The number of rotatable bonds is 16. The van der Waals surface area contributed by atoms with Crippen LogP contribution in [0.3, 0.4) is 0 Å². The smallest absolute Gasteiger partial charge is 0.408 e. The van der Waals surface area contributed by atoms with E-state index in [1.807, 2.05) is 121 Å². The van der Waals surface area contributed by atoms with Crippen LogP contribution in [0.5, 0.6) is 0 Å². The van der Waals surface area contributed by atoms with Crippen molar-refractivity contribution >= 4 is 25.3 Å². The summed E-state index contributed by atoms with van der Waals surface area (Å²) >= 11 is 0. The summed E-state index contributed by atoms with van der Waals surface area (Å²) in [5, 5.41) is 5.65. The van der Waals surface area contributed by atoms with Crippen LogP contribution in [0.1, 0.15) is 55.7 Å². The molecule has 2 amide bonds. The van der Waals surface area contributed by atoms with Gasteiger partial charge in [0.2, 0.25) is 13.3 Å². The van der Waals surface area contributed by atoms with Gasteiger partial charge in [0.15, 0.2) is 0 Å². The van der Waals surface area contributed by atoms with Crippen molar-refractivity contribution in [3.05, 3.63) is 168 Å². The monoisotopic (exact) mass is 760 g/mol. The second-order valence-corrected chi connectivity index (χ2v) is 17.0. The molecule has 5 aromatic rings. The number of hydrogen-bond acceptors (Lipinski definition) is 7. The molecule has 4 atom stereocenters. The quantitative estimate of drug-likeness (QED) is 0.0760. The molecule has 0 aromatic heterocycles. The summed E-state index contributed by atoms with van der Waals surface area (Å²) in [6.45, 7) is 6.79. The minimum absolute atomic E-state index is 0.0419. The maximum absolute atomic E-state index is 15.6. The van der Waals surface area contributed by atoms with Gasteiger partial charge in [-0.1, -0.05) is 146 Å². The normalized spacial score (nSPS) is 14.0. The van der Waals surface area contributed by atoms with E-state index in [0.29, 0.717) is 5.56 Å². The third kappa shape index (κ3) is 12.5. The van der Waals surface area contributed by atoms with Crippen LogP contribution in [0.4, 0.5) is 4.79 Å². The number of amides is 2. The summed E-state index contributed by atoms with van der Waals surface area (Å²) in [5.74, 6) is -3.25. The maximum Gasteiger partial charge on any atom is 0.408 e. The van der Waals surface area contributed by atoms with E-state index in [0.717, 1.165) is 27.8 Å². The lowest BCUT2D eigenvalue weighted by Gasteiger charge is -2.32. The Balaban J connectivity index is 1.48. The lowest BCUT2D eigenvalue weighted by Crippen LogP contribution is -2.44. The van der Waals surface area contributed by atoms with Crippen LogP contribution in [-0.4, -0.2) is 35.8 Å². The minimum Gasteiger partial charge on any atom is -0.459 e. The first kappa shape index (κ1) is 40.7. The molecular weight excluding hydrogens is 711 g/mol. The SMILES string of the molecule is C[C@H](NC(=O)[C@H](Cc1ccc(-c2ccccc2)cc1)CP(=O)(OCc1ccccc1)[C@@H](NC(=O)OC(C)(C)C)c1ccccc1)C(=O)OCc1ccccc1. The Labute approximate surface area is 323 Å². The van der Waals surface area contributed by atoms with Crippen LogP contribution < -0.4 is 10.6 Å². The van der Waals surface area contributed by atoms with Gasteiger partial charge < -0.3 is 24.6 Å². The average molecular weight is 761 g/mol. The Kier molecular flexibility index (Phi) is 14.2. The summed E-state index contributed by atoms with van der Waals surface area (Å²) in [4.78, 5) is 40.8. The van der Waals surface area contributed by atoms with Gasteiger partial charge >= 0.3 is 12.1 Å². The molecule has 5 rings (SSSR count). The fraction of sp³-hybridized carbons (Fsp3) is 0.267. The number of nitrogens with one attached hydrogen (secondary N) is 2. The van der Waals surface area contributed by atoms with Crippen LogP contribution in [0.2, 0.25) is 0 Å². The Morgan fingerprint density at radius 2 is 1.15 bits per heavy atom. The number of benzene rings is 5. The molecule has 1 unspecified atom stereocenters. The van der Waals surface area contributed by atoms with E-state index in [1.165, 1.54) is 0 Å². The molecular formula is C45H49N2O7P. The number of carbonyl (C=O) groups excluding carboxylic acids is 3. The lowest BCUT2D eigenvalue weighted by atomic mass is 9.97. The highest BCUT2D eigenvalue weighted by Crippen LogP contribution is 2.60. The molecule has 10 heteroatoms. The molecule has 0 saturated heterocycles. The van der Waals surface area contributed by atoms with Crippen LogP contribution >= 0.6 is 7.37 Å². The Bertz CT molecular complexity index is 2020. The van der Waals surface area contributed by atoms with Crippen molar-refractivity contribution < 1.29 is 32.9 Å². The summed E-state index contributed by atoms with van der Waals surface area (Å²) in [5.41, 5.74) is 4.12. The first-order valence-corrected chi connectivity index (χ1v) is 20.2. The third-order valence-electron chi connectivity index (χ3n) is 8.78. The van der Waals surface area contributed by atoms with E-state index in [2.05, 4.69) is 10.6 Å². The van der Waals surface area contributed by atoms with Gasteiger partial charge in [-0.2, -0.15) is 0 Å². The van der Waals surface area contributed by atoms with Gasteiger partial charge in [-0.3, -0.25) is 9.36 Å². The number of alkyl carbamates (subject to hydrolysis) is 1. The van der Waals surface area contributed by atoms with Crippen molar-refractivity contribution in [3.63, 3.8) is 0 Å². The van der Waals surface area contributed by atoms with Crippen molar-refractivity contribution in [2.45, 2.75) is 64.8 Å². The van der Waals surface area contributed by atoms with Gasteiger partial charge in [0.25, 0.3) is 0 Å². The first-order valence-electron chi connectivity index (χ1n) is 18.4. The Hall–Kier alpha value is -5.50. The van der Waals surface area contributed by atoms with Crippen molar-refractivity contribution in [2.24, 2.45) is 5.92 Å². The number of esters is 1. The van der Waals surface area contributed by atoms with Crippen molar-refractivity contribution in [2.75, 3.05) is 6.16 Å². The van der Waals surface area contributed by atoms with Gasteiger partial charge in [-0.15, -0.1) is 0 Å². The van der Waals surface area contributed by atoms with E-state index in [-0.39, 0.29) is 25.8 Å². The van der Waals surface area contributed by atoms with E-state index in [9.17, 15) is 14.4 Å². The highest BCUT2D eigenvalue weighted by atomic mass is 31.2. The van der Waals surface area contributed by atoms with Crippen molar-refractivity contribution in [3.8, 4) is 11.1 Å². The highest BCUT2D eigenvalue weighted by molar-refractivity contribution is 7.59. The number of ether oxygens (including phenoxy) is 2. The average Bonchev–Trinajstić information content (AvgIpc) is 3.19. The minimum atomic E-state index is -4.05. The molecule has 0 spiro atoms. The lowest BCUT2D eigenvalue weighted by molar-refractivity contribution is -0.148. The standard InChI is InChI=1S/C45H49N2O7P/c1-33(43(49)52-30-35-17-9-5-10-18-35)46-41(48)40(29-34-25-27-38(28-26-34)37-21-13-7-14-22-37)32-55(51,53-31-36-19-11-6-12-20-36)42(39-23-15-8-16-24-39)47-44(50)54-45(2,3)4/h5-28,33,40,42H,29-32H2,1-4H3,(H,46,48)(H,47,50)/t33-,40+,42+,55?/m0/s1. The van der Waals surface area contributed by atoms with E-state index >= 15 is 4.57 Å². The summed E-state index contributed by atoms with van der Waals surface area (Å²) in [6.07, 6.45) is -0.885. The van der Waals surface area contributed by atoms with Gasteiger partial charge in [0, 0.05) is 6.16 Å². The van der Waals surface area contributed by atoms with Crippen molar-refractivity contribution in [1.29, 1.82) is 0 Å². The number of carbonyl (C=O) groups is 3. The van der Waals surface area contributed by atoms with Gasteiger partial charge in [0.05, 0.1) is 12.5 Å². The van der Waals surface area contributed by atoms with Crippen LogP contribution in [-0.2, 0) is 47.8 Å². The molecule has 0 aliphatic carbocycles. The van der Waals surface area contributed by atoms with E-state index < -0.39 is 48.7 Å². The molecule has 2 N–H and O–H groups in total. The predicted molar refractivity (Wildman–Crippen MR) is 215 cm³/mol. The summed E-state index contributed by atoms with van der Waals surface area (Å²) in [7, 11) is -4.05. The Morgan fingerprint density at radius 3 is 1.71 bits per heavy atom. The van der Waals surface area contributed by atoms with E-state index in [1.54, 1.807) is 52.0 Å². The molecule has 0 radical (unpaired) electrons. The van der Waals surface area contributed by atoms with Crippen LogP contribution in [0.15, 0.2) is 146 Å². The summed E-state index contributed by atoms with van der Waals surface area (Å²) in [6, 6.07) is 44.2. The highest BCUT2D eigenvalue weighted by Gasteiger charge is 2.42. The molecule has 0 aliphatic heterocycles. The second-order valence-electron chi connectivity index (χ2n) is 14.4. The zero-order valence-corrected chi connectivity index (χ0v) is 32.6. The van der Waals surface area contributed by atoms with Crippen LogP contribution in [0.25, 0.3) is 11.1 Å². The van der Waals surface area contributed by atoms with Gasteiger partial charge in [0.1, 0.15) is 24.0 Å². The zero-order chi connectivity index (χ0) is 39.3. The molecule has 0 aliphatic rings. The molecule has 0 saturated carbocycles. The molecule has 0 fully saturated rings. The topological polar surface area (TPSA) is 120 Å². The molecule has 5 aromatic carbocycles. The van der Waals surface area contributed by atoms with Crippen LogP contribution in [0, 0.1) is 5.92 Å². The fourth-order valence-corrected chi connectivity index (χ4v) is 8.66. The maximum atomic E-state index is 15.6. The fourth-order valence-electron chi connectivity index (χ4n) is 5.99. The van der Waals surface area contributed by atoms with Gasteiger partial charge in [-0.05, 0) is 67.5 Å². The molecule has 0 bridgehead atoms. The van der Waals surface area contributed by atoms with Gasteiger partial charge in [-0.25, -0.2) is 9.59 Å². The second kappa shape index (κ2) is 19.2. The van der Waals surface area contributed by atoms with E-state index in [4.69, 9.17) is 14.0 Å². The largest absolute Gasteiger partial charge is 0.459 e.